The van der Waals surface area contributed by atoms with E-state index in [9.17, 15) is 0 Å². The molecule has 0 spiro atoms. The van der Waals surface area contributed by atoms with Gasteiger partial charge in [-0.3, -0.25) is 0 Å². The lowest BCUT2D eigenvalue weighted by Gasteiger charge is -2.47. The summed E-state index contributed by atoms with van der Waals surface area (Å²) >= 11 is 0. The zero-order valence-electron chi connectivity index (χ0n) is 9.63. The summed E-state index contributed by atoms with van der Waals surface area (Å²) in [5.74, 6) is 1.07. The Balaban J connectivity index is 1.97. The van der Waals surface area contributed by atoms with E-state index in [-0.39, 0.29) is 0 Å². The number of aryl methyl sites for hydroxylation is 1. The van der Waals surface area contributed by atoms with Crippen LogP contribution in [0.25, 0.3) is 0 Å². The number of fused-ring (bicyclic) bond motifs is 3. The van der Waals surface area contributed by atoms with E-state index < -0.39 is 0 Å². The molecule has 3 saturated carbocycles. The van der Waals surface area contributed by atoms with Gasteiger partial charge in [0.1, 0.15) is 0 Å². The van der Waals surface area contributed by atoms with Crippen LogP contribution in [0.15, 0.2) is 24.3 Å². The molecule has 0 atom stereocenters. The molecule has 0 saturated heterocycles. The van der Waals surface area contributed by atoms with Crippen LogP contribution in [0.4, 0.5) is 0 Å². The van der Waals surface area contributed by atoms with Crippen molar-refractivity contribution in [1.29, 1.82) is 0 Å². The van der Waals surface area contributed by atoms with Gasteiger partial charge in [-0.15, -0.1) is 0 Å². The number of hydrogen-bond acceptors (Lipinski definition) is 0. The molecule has 0 radical (unpaired) electrons. The molecule has 3 aliphatic rings. The molecule has 0 heteroatoms. The minimum atomic E-state index is 0.570. The molecule has 0 heterocycles. The SMILES string of the molecule is Cc1cccc(C23CCC(CC2)CC3)c1. The first-order valence-electron chi connectivity index (χ1n) is 6.36. The first kappa shape index (κ1) is 9.45. The number of rotatable bonds is 1. The van der Waals surface area contributed by atoms with E-state index in [0.29, 0.717) is 5.41 Å². The third-order valence-corrected chi connectivity index (χ3v) is 4.72. The molecule has 3 aliphatic carbocycles. The summed E-state index contributed by atoms with van der Waals surface area (Å²) < 4.78 is 0. The summed E-state index contributed by atoms with van der Waals surface area (Å²) in [6.45, 7) is 2.22. The van der Waals surface area contributed by atoms with E-state index in [1.54, 1.807) is 5.56 Å². The maximum absolute atomic E-state index is 2.42. The van der Waals surface area contributed by atoms with E-state index in [0.717, 1.165) is 5.92 Å². The standard InChI is InChI=1S/C15H20/c1-12-3-2-4-14(11-12)15-8-5-13(6-9-15)7-10-15/h2-4,11,13H,5-10H2,1H3. The summed E-state index contributed by atoms with van der Waals surface area (Å²) in [5, 5.41) is 0. The largest absolute Gasteiger partial charge is 0.0617 e. The Kier molecular flexibility index (Phi) is 2.12. The molecule has 0 N–H and O–H groups in total. The van der Waals surface area contributed by atoms with Gasteiger partial charge in [0.25, 0.3) is 0 Å². The molecular formula is C15H20. The molecule has 1 aromatic carbocycles. The summed E-state index contributed by atoms with van der Waals surface area (Å²) in [7, 11) is 0. The first-order chi connectivity index (χ1) is 7.28. The van der Waals surface area contributed by atoms with Gasteiger partial charge in [-0.25, -0.2) is 0 Å². The number of benzene rings is 1. The van der Waals surface area contributed by atoms with Crippen molar-refractivity contribution in [3.8, 4) is 0 Å². The normalized spacial score (nSPS) is 34.3. The van der Waals surface area contributed by atoms with Gasteiger partial charge in [0, 0.05) is 0 Å². The lowest BCUT2D eigenvalue weighted by Crippen LogP contribution is -2.37. The highest BCUT2D eigenvalue weighted by Crippen LogP contribution is 2.51. The molecule has 2 bridgehead atoms. The molecule has 0 aliphatic heterocycles. The van der Waals surface area contributed by atoms with Crippen LogP contribution in [0.2, 0.25) is 0 Å². The lowest BCUT2D eigenvalue weighted by atomic mass is 9.58. The van der Waals surface area contributed by atoms with E-state index in [4.69, 9.17) is 0 Å². The van der Waals surface area contributed by atoms with Gasteiger partial charge < -0.3 is 0 Å². The Morgan fingerprint density at radius 3 is 2.33 bits per heavy atom. The summed E-state index contributed by atoms with van der Waals surface area (Å²) in [5.41, 5.74) is 3.62. The van der Waals surface area contributed by atoms with E-state index in [1.807, 2.05) is 0 Å². The lowest BCUT2D eigenvalue weighted by molar-refractivity contribution is 0.136. The summed E-state index contributed by atoms with van der Waals surface area (Å²) in [4.78, 5) is 0. The third-order valence-electron chi connectivity index (χ3n) is 4.72. The van der Waals surface area contributed by atoms with Crippen molar-refractivity contribution in [1.82, 2.24) is 0 Å². The third kappa shape index (κ3) is 1.51. The van der Waals surface area contributed by atoms with Crippen molar-refractivity contribution in [2.75, 3.05) is 0 Å². The Bertz CT molecular complexity index is 342. The molecular weight excluding hydrogens is 180 g/mol. The Labute approximate surface area is 92.7 Å². The number of hydrogen-bond donors (Lipinski definition) is 0. The van der Waals surface area contributed by atoms with Gasteiger partial charge in [-0.05, 0) is 62.3 Å². The van der Waals surface area contributed by atoms with Gasteiger partial charge in [-0.1, -0.05) is 29.8 Å². The van der Waals surface area contributed by atoms with E-state index in [1.165, 1.54) is 44.1 Å². The first-order valence-corrected chi connectivity index (χ1v) is 6.36. The van der Waals surface area contributed by atoms with Crippen molar-refractivity contribution in [3.63, 3.8) is 0 Å². The van der Waals surface area contributed by atoms with Crippen molar-refractivity contribution in [2.45, 2.75) is 50.9 Å². The van der Waals surface area contributed by atoms with Gasteiger partial charge in [0.05, 0.1) is 0 Å². The van der Waals surface area contributed by atoms with Crippen molar-refractivity contribution in [2.24, 2.45) is 5.92 Å². The molecule has 0 aromatic heterocycles. The zero-order chi connectivity index (χ0) is 10.3. The average molecular weight is 200 g/mol. The summed E-state index contributed by atoms with van der Waals surface area (Å²) in [6, 6.07) is 9.24. The van der Waals surface area contributed by atoms with Crippen molar-refractivity contribution >= 4 is 0 Å². The Morgan fingerprint density at radius 2 is 1.73 bits per heavy atom. The highest BCUT2D eigenvalue weighted by molar-refractivity contribution is 5.31. The Hall–Kier alpha value is -0.780. The molecule has 0 unspecified atom stereocenters. The zero-order valence-corrected chi connectivity index (χ0v) is 9.63. The van der Waals surface area contributed by atoms with Crippen LogP contribution >= 0.6 is 0 Å². The molecule has 0 nitrogen and oxygen atoms in total. The highest BCUT2D eigenvalue weighted by Gasteiger charge is 2.41. The van der Waals surface area contributed by atoms with Crippen LogP contribution in [0.5, 0.6) is 0 Å². The van der Waals surface area contributed by atoms with Crippen LogP contribution in [-0.4, -0.2) is 0 Å². The minimum Gasteiger partial charge on any atom is -0.0617 e. The van der Waals surface area contributed by atoms with Crippen molar-refractivity contribution in [3.05, 3.63) is 35.4 Å². The van der Waals surface area contributed by atoms with Gasteiger partial charge >= 0.3 is 0 Å². The van der Waals surface area contributed by atoms with Crippen molar-refractivity contribution < 1.29 is 0 Å². The monoisotopic (exact) mass is 200 g/mol. The second-order valence-corrected chi connectivity index (χ2v) is 5.63. The fourth-order valence-corrected chi connectivity index (χ4v) is 3.66. The summed E-state index contributed by atoms with van der Waals surface area (Å²) in [6.07, 6.45) is 8.78. The molecule has 80 valence electrons. The topological polar surface area (TPSA) is 0 Å². The quantitative estimate of drug-likeness (QED) is 0.637. The predicted molar refractivity (Wildman–Crippen MR) is 64.0 cm³/mol. The molecule has 0 amide bonds. The molecule has 3 fully saturated rings. The second-order valence-electron chi connectivity index (χ2n) is 5.63. The van der Waals surface area contributed by atoms with Gasteiger partial charge in [-0.2, -0.15) is 0 Å². The van der Waals surface area contributed by atoms with Gasteiger partial charge in [0.2, 0.25) is 0 Å². The van der Waals surface area contributed by atoms with Crippen LogP contribution in [0.1, 0.15) is 49.7 Å². The smallest absolute Gasteiger partial charge is 0.00466 e. The van der Waals surface area contributed by atoms with Crippen LogP contribution < -0.4 is 0 Å². The fraction of sp³-hybridized carbons (Fsp3) is 0.600. The van der Waals surface area contributed by atoms with Crippen LogP contribution in [0, 0.1) is 12.8 Å². The van der Waals surface area contributed by atoms with E-state index >= 15 is 0 Å². The molecule has 15 heavy (non-hydrogen) atoms. The maximum atomic E-state index is 2.42. The maximum Gasteiger partial charge on any atom is -0.00466 e. The second kappa shape index (κ2) is 3.37. The predicted octanol–water partition coefficient (Wildman–Crippen LogP) is 4.22. The van der Waals surface area contributed by atoms with Gasteiger partial charge in [0.15, 0.2) is 0 Å². The average Bonchev–Trinajstić information content (AvgIpc) is 2.31. The minimum absolute atomic E-state index is 0.570. The van der Waals surface area contributed by atoms with Crippen LogP contribution in [0.3, 0.4) is 0 Å². The Morgan fingerprint density at radius 1 is 1.07 bits per heavy atom. The molecule has 1 aromatic rings. The fourth-order valence-electron chi connectivity index (χ4n) is 3.66. The van der Waals surface area contributed by atoms with E-state index in [2.05, 4.69) is 31.2 Å². The highest BCUT2D eigenvalue weighted by atomic mass is 14.5. The molecule has 4 rings (SSSR count). The van der Waals surface area contributed by atoms with Crippen LogP contribution in [-0.2, 0) is 5.41 Å².